The number of carbonyl (C=O) groups excluding carboxylic acids is 1. The Kier molecular flexibility index (Phi) is 5.35. The van der Waals surface area contributed by atoms with Crippen LogP contribution in [-0.4, -0.2) is 22.8 Å². The first-order valence-electron chi connectivity index (χ1n) is 7.50. The largest absolute Gasteiger partial charge is 0.497 e. The summed E-state index contributed by atoms with van der Waals surface area (Å²) in [5, 5.41) is 6.97. The maximum atomic E-state index is 12.3. The molecular formula is C18H16BrN3O3. The summed E-state index contributed by atoms with van der Waals surface area (Å²) in [6.45, 7) is 0.247. The smallest absolute Gasteiger partial charge is 0.255 e. The van der Waals surface area contributed by atoms with Gasteiger partial charge < -0.3 is 14.8 Å². The van der Waals surface area contributed by atoms with Gasteiger partial charge in [0.1, 0.15) is 11.5 Å². The summed E-state index contributed by atoms with van der Waals surface area (Å²) in [4.78, 5) is 12.3. The maximum Gasteiger partial charge on any atom is 0.255 e. The monoisotopic (exact) mass is 401 g/mol. The summed E-state index contributed by atoms with van der Waals surface area (Å²) in [6.07, 6.45) is 3.28. The van der Waals surface area contributed by atoms with Crippen molar-refractivity contribution < 1.29 is 14.3 Å². The minimum atomic E-state index is -0.229. The fraction of sp³-hybridized carbons (Fsp3) is 0.111. The Labute approximate surface area is 153 Å². The molecule has 0 fully saturated rings. The number of hydrogen-bond acceptors (Lipinski definition) is 4. The Bertz CT molecular complexity index is 862. The van der Waals surface area contributed by atoms with E-state index in [0.29, 0.717) is 17.0 Å². The van der Waals surface area contributed by atoms with Gasteiger partial charge in [-0.05, 0) is 42.5 Å². The summed E-state index contributed by atoms with van der Waals surface area (Å²) in [5.41, 5.74) is 1.10. The number of amides is 1. The number of nitrogens with one attached hydrogen (secondary N) is 1. The van der Waals surface area contributed by atoms with E-state index in [1.807, 2.05) is 24.3 Å². The lowest BCUT2D eigenvalue weighted by Crippen LogP contribution is -2.11. The van der Waals surface area contributed by atoms with Crippen molar-refractivity contribution in [3.63, 3.8) is 0 Å². The Morgan fingerprint density at radius 3 is 2.76 bits per heavy atom. The molecule has 6 nitrogen and oxygen atoms in total. The molecule has 0 atom stereocenters. The van der Waals surface area contributed by atoms with Crippen LogP contribution in [0, 0.1) is 0 Å². The molecule has 0 saturated carbocycles. The van der Waals surface area contributed by atoms with Gasteiger partial charge in [0.05, 0.1) is 25.2 Å². The fourth-order valence-electron chi connectivity index (χ4n) is 2.14. The predicted octanol–water partition coefficient (Wildman–Crippen LogP) is 3.94. The van der Waals surface area contributed by atoms with E-state index in [2.05, 4.69) is 26.3 Å². The Morgan fingerprint density at radius 1 is 1.20 bits per heavy atom. The SMILES string of the molecule is COc1cccc(C(=O)Nc2cnn(COc3ccc(Br)cc3)c2)c1. The molecule has 128 valence electrons. The first kappa shape index (κ1) is 17.0. The third-order valence-electron chi connectivity index (χ3n) is 3.40. The number of halogens is 1. The second kappa shape index (κ2) is 7.85. The van der Waals surface area contributed by atoms with Gasteiger partial charge in [0.15, 0.2) is 6.73 Å². The van der Waals surface area contributed by atoms with Gasteiger partial charge in [-0.15, -0.1) is 0 Å². The molecule has 7 heteroatoms. The minimum Gasteiger partial charge on any atom is -0.497 e. The molecule has 0 aliphatic rings. The van der Waals surface area contributed by atoms with Gasteiger partial charge in [0.2, 0.25) is 0 Å². The summed E-state index contributed by atoms with van der Waals surface area (Å²) in [5.74, 6) is 1.14. The molecule has 25 heavy (non-hydrogen) atoms. The molecule has 0 unspecified atom stereocenters. The third kappa shape index (κ3) is 4.60. The highest BCUT2D eigenvalue weighted by atomic mass is 79.9. The number of rotatable bonds is 6. The summed E-state index contributed by atoms with van der Waals surface area (Å²) in [7, 11) is 1.56. The molecule has 2 aromatic carbocycles. The van der Waals surface area contributed by atoms with Crippen LogP contribution in [-0.2, 0) is 6.73 Å². The summed E-state index contributed by atoms with van der Waals surface area (Å²) < 4.78 is 13.3. The van der Waals surface area contributed by atoms with E-state index in [1.165, 1.54) is 0 Å². The van der Waals surface area contributed by atoms with Crippen LogP contribution in [0.25, 0.3) is 0 Å². The highest BCUT2D eigenvalue weighted by Gasteiger charge is 2.08. The van der Waals surface area contributed by atoms with Gasteiger partial charge in [-0.1, -0.05) is 22.0 Å². The second-order valence-electron chi connectivity index (χ2n) is 5.18. The molecule has 0 radical (unpaired) electrons. The number of anilines is 1. The van der Waals surface area contributed by atoms with Crippen molar-refractivity contribution >= 4 is 27.5 Å². The lowest BCUT2D eigenvalue weighted by atomic mass is 10.2. The zero-order valence-electron chi connectivity index (χ0n) is 13.5. The van der Waals surface area contributed by atoms with Crippen LogP contribution in [0.3, 0.4) is 0 Å². The van der Waals surface area contributed by atoms with Crippen LogP contribution in [0.15, 0.2) is 65.4 Å². The molecule has 0 aliphatic carbocycles. The van der Waals surface area contributed by atoms with E-state index in [0.717, 1.165) is 10.2 Å². The average molecular weight is 402 g/mol. The van der Waals surface area contributed by atoms with Gasteiger partial charge in [-0.2, -0.15) is 5.10 Å². The lowest BCUT2D eigenvalue weighted by molar-refractivity contribution is 0.102. The van der Waals surface area contributed by atoms with Crippen LogP contribution in [0.2, 0.25) is 0 Å². The molecule has 1 aromatic heterocycles. The fourth-order valence-corrected chi connectivity index (χ4v) is 2.40. The van der Waals surface area contributed by atoms with Crippen molar-refractivity contribution in [2.75, 3.05) is 12.4 Å². The van der Waals surface area contributed by atoms with Crippen molar-refractivity contribution in [1.82, 2.24) is 9.78 Å². The minimum absolute atomic E-state index is 0.229. The molecule has 0 aliphatic heterocycles. The molecule has 1 amide bonds. The van der Waals surface area contributed by atoms with E-state index in [4.69, 9.17) is 9.47 Å². The van der Waals surface area contributed by atoms with E-state index < -0.39 is 0 Å². The molecule has 0 spiro atoms. The number of methoxy groups -OCH3 is 1. The number of benzene rings is 2. The van der Waals surface area contributed by atoms with Crippen LogP contribution in [0.5, 0.6) is 11.5 Å². The van der Waals surface area contributed by atoms with Crippen molar-refractivity contribution in [1.29, 1.82) is 0 Å². The van der Waals surface area contributed by atoms with Crippen molar-refractivity contribution in [2.24, 2.45) is 0 Å². The third-order valence-corrected chi connectivity index (χ3v) is 3.93. The van der Waals surface area contributed by atoms with Gasteiger partial charge in [0, 0.05) is 10.0 Å². The Morgan fingerprint density at radius 2 is 2.00 bits per heavy atom. The normalized spacial score (nSPS) is 10.3. The molecule has 0 bridgehead atoms. The molecule has 1 N–H and O–H groups in total. The van der Waals surface area contributed by atoms with Gasteiger partial charge in [0.25, 0.3) is 5.91 Å². The standard InChI is InChI=1S/C18H16BrN3O3/c1-24-17-4-2-3-13(9-17)18(23)21-15-10-20-22(11-15)12-25-16-7-5-14(19)6-8-16/h2-11H,12H2,1H3,(H,21,23). The van der Waals surface area contributed by atoms with Crippen molar-refractivity contribution in [3.8, 4) is 11.5 Å². The quantitative estimate of drug-likeness (QED) is 0.679. The molecule has 3 aromatic rings. The topological polar surface area (TPSA) is 65.4 Å². The second-order valence-corrected chi connectivity index (χ2v) is 6.10. The van der Waals surface area contributed by atoms with Gasteiger partial charge in [-0.3, -0.25) is 4.79 Å². The van der Waals surface area contributed by atoms with Crippen LogP contribution >= 0.6 is 15.9 Å². The first-order chi connectivity index (χ1) is 12.1. The number of hydrogen-bond donors (Lipinski definition) is 1. The van der Waals surface area contributed by atoms with Gasteiger partial charge >= 0.3 is 0 Å². The molecule has 1 heterocycles. The van der Waals surface area contributed by atoms with Crippen LogP contribution in [0.4, 0.5) is 5.69 Å². The summed E-state index contributed by atoms with van der Waals surface area (Å²) in [6, 6.07) is 14.5. The number of aromatic nitrogens is 2. The van der Waals surface area contributed by atoms with E-state index >= 15 is 0 Å². The first-order valence-corrected chi connectivity index (χ1v) is 8.29. The number of carbonyl (C=O) groups is 1. The Balaban J connectivity index is 1.59. The van der Waals surface area contributed by atoms with E-state index in [1.54, 1.807) is 48.5 Å². The molecular weight excluding hydrogens is 386 g/mol. The Hall–Kier alpha value is -2.80. The molecule has 3 rings (SSSR count). The molecule has 0 saturated heterocycles. The van der Waals surface area contributed by atoms with E-state index in [9.17, 15) is 4.79 Å². The highest BCUT2D eigenvalue weighted by Crippen LogP contribution is 2.17. The predicted molar refractivity (Wildman–Crippen MR) is 97.9 cm³/mol. The van der Waals surface area contributed by atoms with Crippen molar-refractivity contribution in [2.45, 2.75) is 6.73 Å². The van der Waals surface area contributed by atoms with Crippen LogP contribution in [0.1, 0.15) is 10.4 Å². The van der Waals surface area contributed by atoms with Gasteiger partial charge in [-0.25, -0.2) is 4.68 Å². The number of nitrogens with zero attached hydrogens (tertiary/aromatic N) is 2. The zero-order valence-corrected chi connectivity index (χ0v) is 15.1. The summed E-state index contributed by atoms with van der Waals surface area (Å²) >= 11 is 3.37. The lowest BCUT2D eigenvalue weighted by Gasteiger charge is -2.06. The van der Waals surface area contributed by atoms with Crippen LogP contribution < -0.4 is 14.8 Å². The van der Waals surface area contributed by atoms with E-state index in [-0.39, 0.29) is 12.6 Å². The van der Waals surface area contributed by atoms with Crippen molar-refractivity contribution in [3.05, 3.63) is 71.0 Å². The average Bonchev–Trinajstić information content (AvgIpc) is 3.08. The maximum absolute atomic E-state index is 12.3. The zero-order chi connectivity index (χ0) is 17.6. The highest BCUT2D eigenvalue weighted by molar-refractivity contribution is 9.10. The number of ether oxygens (including phenoxy) is 2.